The molecule has 1 aromatic heterocycles. The van der Waals surface area contributed by atoms with Crippen molar-refractivity contribution in [2.75, 3.05) is 6.54 Å². The van der Waals surface area contributed by atoms with Crippen LogP contribution in [0.3, 0.4) is 0 Å². The third-order valence-electron chi connectivity index (χ3n) is 4.40. The zero-order valence-corrected chi connectivity index (χ0v) is 13.7. The van der Waals surface area contributed by atoms with E-state index in [4.69, 9.17) is 4.42 Å². The molecule has 0 saturated carbocycles. The predicted octanol–water partition coefficient (Wildman–Crippen LogP) is 2.84. The molecule has 0 fully saturated rings. The number of carbonyl (C=O) groups excluding carboxylic acids is 1. The molecule has 0 bridgehead atoms. The second kappa shape index (κ2) is 6.91. The average molecular weight is 333 g/mol. The Bertz CT molecular complexity index is 873. The second-order valence-electron chi connectivity index (χ2n) is 6.04. The summed E-state index contributed by atoms with van der Waals surface area (Å²) in [7, 11) is 0. The number of nitrogens with one attached hydrogen (secondary N) is 2. The molecule has 0 unspecified atom stereocenters. The van der Waals surface area contributed by atoms with E-state index >= 15 is 0 Å². The van der Waals surface area contributed by atoms with Crippen molar-refractivity contribution < 1.29 is 9.21 Å². The van der Waals surface area contributed by atoms with E-state index in [0.717, 1.165) is 24.1 Å². The van der Waals surface area contributed by atoms with E-state index in [9.17, 15) is 4.79 Å². The number of aromatic nitrogens is 1. The standard InChI is InChI=1S/C20H19N3O2/c24-20(19-16-9-5-4-6-14(16)10-11-21-19)23-13-18-22-12-17(25-18)15-7-2-1-3-8-15/h1-9,12,19,21H,10-11,13H2,(H,23,24)/t19-/m1/s1. The largest absolute Gasteiger partial charge is 0.439 e. The van der Waals surface area contributed by atoms with Crippen molar-refractivity contribution in [1.82, 2.24) is 15.6 Å². The molecular formula is C20H19N3O2. The second-order valence-corrected chi connectivity index (χ2v) is 6.04. The zero-order chi connectivity index (χ0) is 17.1. The summed E-state index contributed by atoms with van der Waals surface area (Å²) in [4.78, 5) is 16.8. The van der Waals surface area contributed by atoms with Gasteiger partial charge < -0.3 is 15.1 Å². The Hall–Kier alpha value is -2.92. The lowest BCUT2D eigenvalue weighted by Gasteiger charge is -2.25. The summed E-state index contributed by atoms with van der Waals surface area (Å²) in [5, 5.41) is 6.20. The summed E-state index contributed by atoms with van der Waals surface area (Å²) < 4.78 is 5.73. The van der Waals surface area contributed by atoms with Crippen molar-refractivity contribution in [2.45, 2.75) is 19.0 Å². The molecular weight excluding hydrogens is 314 g/mol. The molecule has 25 heavy (non-hydrogen) atoms. The van der Waals surface area contributed by atoms with Gasteiger partial charge in [-0.3, -0.25) is 4.79 Å². The van der Waals surface area contributed by atoms with E-state index in [0.29, 0.717) is 11.7 Å². The highest BCUT2D eigenvalue weighted by Gasteiger charge is 2.25. The minimum Gasteiger partial charge on any atom is -0.439 e. The lowest BCUT2D eigenvalue weighted by Crippen LogP contribution is -2.41. The van der Waals surface area contributed by atoms with Crippen LogP contribution in [0.25, 0.3) is 11.3 Å². The van der Waals surface area contributed by atoms with E-state index < -0.39 is 0 Å². The minimum atomic E-state index is -0.325. The van der Waals surface area contributed by atoms with Crippen LogP contribution in [0, 0.1) is 0 Å². The summed E-state index contributed by atoms with van der Waals surface area (Å²) in [6.45, 7) is 1.07. The molecule has 5 nitrogen and oxygen atoms in total. The molecule has 0 spiro atoms. The number of fused-ring (bicyclic) bond motifs is 1. The van der Waals surface area contributed by atoms with Crippen LogP contribution < -0.4 is 10.6 Å². The highest BCUT2D eigenvalue weighted by Crippen LogP contribution is 2.23. The number of hydrogen-bond donors (Lipinski definition) is 2. The van der Waals surface area contributed by atoms with Gasteiger partial charge in [-0.15, -0.1) is 0 Å². The molecule has 126 valence electrons. The quantitative estimate of drug-likeness (QED) is 0.770. The highest BCUT2D eigenvalue weighted by molar-refractivity contribution is 5.83. The Balaban J connectivity index is 1.42. The van der Waals surface area contributed by atoms with Crippen molar-refractivity contribution >= 4 is 5.91 Å². The Kier molecular flexibility index (Phi) is 4.31. The van der Waals surface area contributed by atoms with Gasteiger partial charge in [0.15, 0.2) is 5.76 Å². The van der Waals surface area contributed by atoms with Crippen LogP contribution in [0.1, 0.15) is 23.1 Å². The fraction of sp³-hybridized carbons (Fsp3) is 0.200. The first kappa shape index (κ1) is 15.6. The Morgan fingerprint density at radius 2 is 1.96 bits per heavy atom. The van der Waals surface area contributed by atoms with Crippen LogP contribution in [0.5, 0.6) is 0 Å². The monoisotopic (exact) mass is 333 g/mol. The van der Waals surface area contributed by atoms with Gasteiger partial charge in [0.25, 0.3) is 0 Å². The number of oxazole rings is 1. The fourth-order valence-corrected chi connectivity index (χ4v) is 3.13. The summed E-state index contributed by atoms with van der Waals surface area (Å²) in [5.74, 6) is 1.13. The number of nitrogens with zero attached hydrogens (tertiary/aromatic N) is 1. The molecule has 4 rings (SSSR count). The first-order valence-corrected chi connectivity index (χ1v) is 8.40. The van der Waals surface area contributed by atoms with Gasteiger partial charge in [-0.2, -0.15) is 0 Å². The molecule has 3 aromatic rings. The lowest BCUT2D eigenvalue weighted by molar-refractivity contribution is -0.123. The summed E-state index contributed by atoms with van der Waals surface area (Å²) in [6.07, 6.45) is 2.63. The average Bonchev–Trinajstić information content (AvgIpc) is 3.15. The fourth-order valence-electron chi connectivity index (χ4n) is 3.13. The van der Waals surface area contributed by atoms with Crippen molar-refractivity contribution in [2.24, 2.45) is 0 Å². The molecule has 2 N–H and O–H groups in total. The SMILES string of the molecule is O=C(NCc1ncc(-c2ccccc2)o1)[C@@H]1NCCc2ccccc21. The first-order chi connectivity index (χ1) is 12.3. The van der Waals surface area contributed by atoms with Crippen LogP contribution in [-0.2, 0) is 17.8 Å². The molecule has 2 aromatic carbocycles. The number of rotatable bonds is 4. The van der Waals surface area contributed by atoms with Crippen LogP contribution in [0.15, 0.2) is 65.2 Å². The molecule has 0 aliphatic carbocycles. The van der Waals surface area contributed by atoms with Gasteiger partial charge in [0.05, 0.1) is 12.7 Å². The predicted molar refractivity (Wildman–Crippen MR) is 94.7 cm³/mol. The summed E-state index contributed by atoms with van der Waals surface area (Å²) >= 11 is 0. The molecule has 0 radical (unpaired) electrons. The van der Waals surface area contributed by atoms with Crippen molar-refractivity contribution in [3.63, 3.8) is 0 Å². The van der Waals surface area contributed by atoms with Crippen LogP contribution >= 0.6 is 0 Å². The third-order valence-corrected chi connectivity index (χ3v) is 4.40. The van der Waals surface area contributed by atoms with Gasteiger partial charge in [-0.25, -0.2) is 4.98 Å². The van der Waals surface area contributed by atoms with Gasteiger partial charge >= 0.3 is 0 Å². The normalized spacial score (nSPS) is 16.2. The van der Waals surface area contributed by atoms with Crippen molar-refractivity contribution in [1.29, 1.82) is 0 Å². The number of amides is 1. The molecule has 1 aliphatic rings. The Labute approximate surface area is 146 Å². The van der Waals surface area contributed by atoms with Crippen molar-refractivity contribution in [3.05, 3.63) is 77.8 Å². The Morgan fingerprint density at radius 1 is 1.16 bits per heavy atom. The number of carbonyl (C=O) groups is 1. The summed E-state index contributed by atoms with van der Waals surface area (Å²) in [5.41, 5.74) is 3.24. The smallest absolute Gasteiger partial charge is 0.242 e. The van der Waals surface area contributed by atoms with E-state index in [2.05, 4.69) is 21.7 Å². The molecule has 5 heteroatoms. The first-order valence-electron chi connectivity index (χ1n) is 8.40. The van der Waals surface area contributed by atoms with Crippen LogP contribution in [0.4, 0.5) is 0 Å². The maximum Gasteiger partial charge on any atom is 0.242 e. The molecule has 1 aliphatic heterocycles. The Morgan fingerprint density at radius 3 is 2.84 bits per heavy atom. The van der Waals surface area contributed by atoms with Gasteiger partial charge in [0.2, 0.25) is 11.8 Å². The van der Waals surface area contributed by atoms with Crippen LogP contribution in [0.2, 0.25) is 0 Å². The van der Waals surface area contributed by atoms with E-state index in [-0.39, 0.29) is 18.5 Å². The summed E-state index contributed by atoms with van der Waals surface area (Å²) in [6, 6.07) is 17.5. The molecule has 1 amide bonds. The lowest BCUT2D eigenvalue weighted by atomic mass is 9.94. The molecule has 1 atom stereocenters. The van der Waals surface area contributed by atoms with Gasteiger partial charge in [0, 0.05) is 12.1 Å². The zero-order valence-electron chi connectivity index (χ0n) is 13.7. The molecule has 0 saturated heterocycles. The number of benzene rings is 2. The van der Waals surface area contributed by atoms with Gasteiger partial charge in [-0.05, 0) is 17.5 Å². The maximum atomic E-state index is 12.6. The van der Waals surface area contributed by atoms with E-state index in [1.807, 2.05) is 48.5 Å². The highest BCUT2D eigenvalue weighted by atomic mass is 16.4. The molecule has 2 heterocycles. The van der Waals surface area contributed by atoms with Gasteiger partial charge in [-0.1, -0.05) is 54.6 Å². The minimum absolute atomic E-state index is 0.0633. The maximum absolute atomic E-state index is 12.6. The third kappa shape index (κ3) is 3.32. The van der Waals surface area contributed by atoms with Crippen molar-refractivity contribution in [3.8, 4) is 11.3 Å². The van der Waals surface area contributed by atoms with E-state index in [1.165, 1.54) is 5.56 Å². The van der Waals surface area contributed by atoms with Gasteiger partial charge in [0.1, 0.15) is 6.04 Å². The topological polar surface area (TPSA) is 67.2 Å². The van der Waals surface area contributed by atoms with E-state index in [1.54, 1.807) is 6.20 Å². The van der Waals surface area contributed by atoms with Crippen LogP contribution in [-0.4, -0.2) is 17.4 Å². The number of hydrogen-bond acceptors (Lipinski definition) is 4.